The van der Waals surface area contributed by atoms with Gasteiger partial charge in [-0.1, -0.05) is 22.9 Å². The van der Waals surface area contributed by atoms with Crippen LogP contribution in [0.4, 0.5) is 5.69 Å². The van der Waals surface area contributed by atoms with Gasteiger partial charge in [-0.15, -0.1) is 0 Å². The van der Waals surface area contributed by atoms with Gasteiger partial charge in [0.25, 0.3) is 0 Å². The molecular formula is C15H20BrNO. The molecule has 2 atom stereocenters. The van der Waals surface area contributed by atoms with Crippen LogP contribution in [0.3, 0.4) is 0 Å². The SMILES string of the molecule is CC(=O)c1ccc(Br)cc1N1CCC(C)CC1C. The highest BCUT2D eigenvalue weighted by Crippen LogP contribution is 2.32. The van der Waals surface area contributed by atoms with Gasteiger partial charge in [0.15, 0.2) is 5.78 Å². The molecule has 1 heterocycles. The van der Waals surface area contributed by atoms with Gasteiger partial charge in [0.2, 0.25) is 0 Å². The summed E-state index contributed by atoms with van der Waals surface area (Å²) in [6.07, 6.45) is 2.40. The Kier molecular flexibility index (Phi) is 4.10. The van der Waals surface area contributed by atoms with Crippen molar-refractivity contribution in [2.75, 3.05) is 11.4 Å². The van der Waals surface area contributed by atoms with E-state index in [9.17, 15) is 4.79 Å². The zero-order chi connectivity index (χ0) is 13.3. The number of hydrogen-bond donors (Lipinski definition) is 0. The molecule has 3 heteroatoms. The summed E-state index contributed by atoms with van der Waals surface area (Å²) in [5, 5.41) is 0. The fraction of sp³-hybridized carbons (Fsp3) is 0.533. The number of Topliss-reactive ketones (excluding diaryl/α,β-unsaturated/α-hetero) is 1. The Labute approximate surface area is 117 Å². The van der Waals surface area contributed by atoms with Crippen molar-refractivity contribution in [1.82, 2.24) is 0 Å². The van der Waals surface area contributed by atoms with Crippen LogP contribution in [-0.2, 0) is 0 Å². The first-order chi connectivity index (χ1) is 8.49. The molecule has 0 aliphatic carbocycles. The predicted octanol–water partition coefficient (Wildman–Crippen LogP) is 4.28. The normalized spacial score (nSPS) is 24.1. The van der Waals surface area contributed by atoms with Crippen LogP contribution in [0, 0.1) is 5.92 Å². The van der Waals surface area contributed by atoms with Crippen LogP contribution in [-0.4, -0.2) is 18.4 Å². The second-order valence-corrected chi connectivity index (χ2v) is 6.31. The number of hydrogen-bond acceptors (Lipinski definition) is 2. The van der Waals surface area contributed by atoms with Crippen LogP contribution in [0.5, 0.6) is 0 Å². The van der Waals surface area contributed by atoms with E-state index in [1.807, 2.05) is 12.1 Å². The van der Waals surface area contributed by atoms with Gasteiger partial charge in [0.1, 0.15) is 0 Å². The molecule has 98 valence electrons. The third-order valence-corrected chi connectivity index (χ3v) is 4.28. The van der Waals surface area contributed by atoms with E-state index >= 15 is 0 Å². The summed E-state index contributed by atoms with van der Waals surface area (Å²) in [6.45, 7) is 7.24. The van der Waals surface area contributed by atoms with E-state index in [1.165, 1.54) is 12.8 Å². The number of ketones is 1. The molecule has 1 fully saturated rings. The Hall–Kier alpha value is -0.830. The van der Waals surface area contributed by atoms with E-state index in [-0.39, 0.29) is 5.78 Å². The van der Waals surface area contributed by atoms with Crippen LogP contribution >= 0.6 is 15.9 Å². The highest BCUT2D eigenvalue weighted by atomic mass is 79.9. The average molecular weight is 310 g/mol. The molecule has 1 aromatic carbocycles. The molecule has 1 saturated heterocycles. The van der Waals surface area contributed by atoms with Crippen molar-refractivity contribution < 1.29 is 4.79 Å². The summed E-state index contributed by atoms with van der Waals surface area (Å²) >= 11 is 3.51. The van der Waals surface area contributed by atoms with Gasteiger partial charge in [-0.3, -0.25) is 4.79 Å². The van der Waals surface area contributed by atoms with Gasteiger partial charge < -0.3 is 4.90 Å². The van der Waals surface area contributed by atoms with E-state index in [1.54, 1.807) is 6.92 Å². The first kappa shape index (κ1) is 13.6. The first-order valence-corrected chi connectivity index (χ1v) is 7.35. The molecule has 0 aromatic heterocycles. The maximum Gasteiger partial charge on any atom is 0.161 e. The minimum absolute atomic E-state index is 0.142. The number of carbonyl (C=O) groups is 1. The Morgan fingerprint density at radius 2 is 2.11 bits per heavy atom. The van der Waals surface area contributed by atoms with Crippen molar-refractivity contribution in [3.05, 3.63) is 28.2 Å². The van der Waals surface area contributed by atoms with Crippen molar-refractivity contribution in [1.29, 1.82) is 0 Å². The van der Waals surface area contributed by atoms with Gasteiger partial charge in [-0.05, 0) is 50.8 Å². The van der Waals surface area contributed by atoms with Crippen molar-refractivity contribution in [2.45, 2.75) is 39.7 Å². The standard InChI is InChI=1S/C15H20BrNO/c1-10-6-7-17(11(2)8-10)15-9-13(16)4-5-14(15)12(3)18/h4-5,9-11H,6-8H2,1-3H3. The summed E-state index contributed by atoms with van der Waals surface area (Å²) in [4.78, 5) is 14.1. The van der Waals surface area contributed by atoms with E-state index in [4.69, 9.17) is 0 Å². The minimum Gasteiger partial charge on any atom is -0.368 e. The first-order valence-electron chi connectivity index (χ1n) is 6.56. The van der Waals surface area contributed by atoms with Crippen LogP contribution in [0.2, 0.25) is 0 Å². The number of carbonyl (C=O) groups excluding carboxylic acids is 1. The Balaban J connectivity index is 2.37. The lowest BCUT2D eigenvalue weighted by atomic mass is 9.92. The van der Waals surface area contributed by atoms with Crippen LogP contribution in [0.15, 0.2) is 22.7 Å². The lowest BCUT2D eigenvalue weighted by Gasteiger charge is -2.39. The molecular weight excluding hydrogens is 290 g/mol. The summed E-state index contributed by atoms with van der Waals surface area (Å²) in [5.41, 5.74) is 1.91. The van der Waals surface area contributed by atoms with Gasteiger partial charge in [-0.25, -0.2) is 0 Å². The van der Waals surface area contributed by atoms with E-state index < -0.39 is 0 Å². The van der Waals surface area contributed by atoms with Crippen molar-refractivity contribution >= 4 is 27.4 Å². The van der Waals surface area contributed by atoms with Crippen LogP contribution < -0.4 is 4.90 Å². The summed E-state index contributed by atoms with van der Waals surface area (Å²) < 4.78 is 1.04. The monoisotopic (exact) mass is 309 g/mol. The maximum absolute atomic E-state index is 11.7. The third-order valence-electron chi connectivity index (χ3n) is 3.79. The molecule has 2 rings (SSSR count). The fourth-order valence-electron chi connectivity index (χ4n) is 2.81. The zero-order valence-electron chi connectivity index (χ0n) is 11.2. The van der Waals surface area contributed by atoms with Crippen molar-refractivity contribution in [3.8, 4) is 0 Å². The summed E-state index contributed by atoms with van der Waals surface area (Å²) in [5.74, 6) is 0.924. The molecule has 1 aliphatic rings. The average Bonchev–Trinajstić information content (AvgIpc) is 2.28. The number of benzene rings is 1. The van der Waals surface area contributed by atoms with Gasteiger partial charge in [0.05, 0.1) is 0 Å². The quantitative estimate of drug-likeness (QED) is 0.760. The molecule has 0 radical (unpaired) electrons. The molecule has 0 saturated carbocycles. The minimum atomic E-state index is 0.142. The number of rotatable bonds is 2. The van der Waals surface area contributed by atoms with Gasteiger partial charge >= 0.3 is 0 Å². The van der Waals surface area contributed by atoms with Crippen molar-refractivity contribution in [2.24, 2.45) is 5.92 Å². The topological polar surface area (TPSA) is 20.3 Å². The molecule has 18 heavy (non-hydrogen) atoms. The highest BCUT2D eigenvalue weighted by Gasteiger charge is 2.25. The third kappa shape index (κ3) is 2.77. The second-order valence-electron chi connectivity index (χ2n) is 5.39. The Bertz CT molecular complexity index is 458. The van der Waals surface area contributed by atoms with E-state index in [2.05, 4.69) is 40.7 Å². The lowest BCUT2D eigenvalue weighted by molar-refractivity contribution is 0.101. The largest absolute Gasteiger partial charge is 0.368 e. The highest BCUT2D eigenvalue weighted by molar-refractivity contribution is 9.10. The number of halogens is 1. The number of anilines is 1. The second kappa shape index (κ2) is 5.43. The predicted molar refractivity (Wildman–Crippen MR) is 79.4 cm³/mol. The van der Waals surface area contributed by atoms with Crippen LogP contribution in [0.25, 0.3) is 0 Å². The molecule has 1 aromatic rings. The van der Waals surface area contributed by atoms with E-state index in [0.717, 1.165) is 28.2 Å². The van der Waals surface area contributed by atoms with Gasteiger partial charge in [-0.2, -0.15) is 0 Å². The van der Waals surface area contributed by atoms with Gasteiger partial charge in [0, 0.05) is 28.3 Å². The number of piperidine rings is 1. The molecule has 0 amide bonds. The lowest BCUT2D eigenvalue weighted by Crippen LogP contribution is -2.40. The molecule has 0 bridgehead atoms. The summed E-state index contributed by atoms with van der Waals surface area (Å²) in [7, 11) is 0. The van der Waals surface area contributed by atoms with Crippen molar-refractivity contribution in [3.63, 3.8) is 0 Å². The molecule has 2 unspecified atom stereocenters. The molecule has 2 nitrogen and oxygen atoms in total. The Morgan fingerprint density at radius 3 is 2.72 bits per heavy atom. The number of nitrogens with zero attached hydrogens (tertiary/aromatic N) is 1. The van der Waals surface area contributed by atoms with E-state index in [0.29, 0.717) is 6.04 Å². The fourth-order valence-corrected chi connectivity index (χ4v) is 3.15. The summed E-state index contributed by atoms with van der Waals surface area (Å²) in [6, 6.07) is 6.44. The van der Waals surface area contributed by atoms with Crippen LogP contribution in [0.1, 0.15) is 44.0 Å². The maximum atomic E-state index is 11.7. The Morgan fingerprint density at radius 1 is 1.39 bits per heavy atom. The molecule has 1 aliphatic heterocycles. The molecule has 0 N–H and O–H groups in total. The zero-order valence-corrected chi connectivity index (χ0v) is 12.8. The molecule has 0 spiro atoms. The smallest absolute Gasteiger partial charge is 0.161 e.